The zero-order valence-electron chi connectivity index (χ0n) is 18.7. The number of nitrogens with zero attached hydrogens (tertiary/aromatic N) is 4. The molecule has 34 heavy (non-hydrogen) atoms. The Hall–Kier alpha value is -3.32. The van der Waals surface area contributed by atoms with Crippen molar-refractivity contribution in [2.75, 3.05) is 37.0 Å². The Morgan fingerprint density at radius 2 is 2.09 bits per heavy atom. The van der Waals surface area contributed by atoms with Crippen molar-refractivity contribution >= 4 is 51.3 Å². The van der Waals surface area contributed by atoms with Gasteiger partial charge < -0.3 is 20.5 Å². The Bertz CT molecular complexity index is 1340. The summed E-state index contributed by atoms with van der Waals surface area (Å²) in [4.78, 5) is 14.9. The molecular formula is C24H23ClFN7S. The number of nitrogens with one attached hydrogen (secondary N) is 3. The highest BCUT2D eigenvalue weighted by Crippen LogP contribution is 2.37. The molecule has 7 nitrogen and oxygen atoms in total. The quantitative estimate of drug-likeness (QED) is 0.259. The van der Waals surface area contributed by atoms with Gasteiger partial charge in [0, 0.05) is 46.3 Å². The first-order valence-corrected chi connectivity index (χ1v) is 11.9. The zero-order valence-corrected chi connectivity index (χ0v) is 20.3. The fourth-order valence-corrected chi connectivity index (χ4v) is 4.66. The summed E-state index contributed by atoms with van der Waals surface area (Å²) in [5.74, 6) is 0.407. The highest BCUT2D eigenvalue weighted by atomic mass is 35.5. The van der Waals surface area contributed by atoms with Crippen LogP contribution in [-0.2, 0) is 6.54 Å². The summed E-state index contributed by atoms with van der Waals surface area (Å²) >= 11 is 7.70. The Kier molecular flexibility index (Phi) is 7.53. The normalized spacial score (nSPS) is 11.1. The number of aromatic amines is 1. The molecule has 2 aromatic carbocycles. The predicted octanol–water partition coefficient (Wildman–Crippen LogP) is 5.63. The molecule has 4 rings (SSSR count). The number of thioether (sulfide) groups is 1. The summed E-state index contributed by atoms with van der Waals surface area (Å²) in [5, 5.41) is 17.2. The molecule has 4 aromatic rings. The van der Waals surface area contributed by atoms with Gasteiger partial charge in [-0.1, -0.05) is 11.6 Å². The van der Waals surface area contributed by atoms with Gasteiger partial charge in [0.2, 0.25) is 0 Å². The van der Waals surface area contributed by atoms with Crippen molar-refractivity contribution in [2.24, 2.45) is 0 Å². The van der Waals surface area contributed by atoms with Crippen LogP contribution in [0.25, 0.3) is 10.9 Å². The van der Waals surface area contributed by atoms with Gasteiger partial charge in [0.25, 0.3) is 0 Å². The standard InChI is InChI=1S/C24H23ClFN7S/c1-33(2)5-6-34-23-9-21-18(8-22(23)30-13-17-12-28-14-31-17)24(15(10-27)11-29-21)32-16-3-4-20(26)19(25)7-16/h3-4,7-9,11-12,14,30H,5-6,13H2,1-2H3,(H,28,31)(H,29,32). The number of benzene rings is 2. The smallest absolute Gasteiger partial charge is 0.141 e. The maximum absolute atomic E-state index is 13.6. The summed E-state index contributed by atoms with van der Waals surface area (Å²) in [6.45, 7) is 1.50. The Balaban J connectivity index is 1.76. The molecule has 174 valence electrons. The van der Waals surface area contributed by atoms with Crippen molar-refractivity contribution in [1.29, 1.82) is 5.26 Å². The largest absolute Gasteiger partial charge is 0.378 e. The molecule has 0 amide bonds. The fourth-order valence-electron chi connectivity index (χ4n) is 3.33. The molecule has 0 aliphatic carbocycles. The molecule has 0 fully saturated rings. The van der Waals surface area contributed by atoms with E-state index in [1.807, 2.05) is 26.2 Å². The lowest BCUT2D eigenvalue weighted by atomic mass is 10.1. The average molecular weight is 496 g/mol. The number of rotatable bonds is 9. The van der Waals surface area contributed by atoms with Crippen molar-refractivity contribution in [3.8, 4) is 6.07 Å². The maximum atomic E-state index is 13.6. The predicted molar refractivity (Wildman–Crippen MR) is 136 cm³/mol. The van der Waals surface area contributed by atoms with Crippen molar-refractivity contribution in [3.63, 3.8) is 0 Å². The zero-order chi connectivity index (χ0) is 24.1. The molecule has 2 aromatic heterocycles. The monoisotopic (exact) mass is 495 g/mol. The van der Waals surface area contributed by atoms with Gasteiger partial charge in [-0.2, -0.15) is 5.26 Å². The van der Waals surface area contributed by atoms with Crippen molar-refractivity contribution in [3.05, 3.63) is 71.2 Å². The topological polar surface area (TPSA) is 92.7 Å². The molecule has 0 saturated carbocycles. The van der Waals surface area contributed by atoms with E-state index in [1.165, 1.54) is 12.1 Å². The first kappa shape index (κ1) is 23.8. The van der Waals surface area contributed by atoms with Crippen LogP contribution < -0.4 is 10.6 Å². The van der Waals surface area contributed by atoms with Gasteiger partial charge in [0.15, 0.2) is 0 Å². The molecule has 3 N–H and O–H groups in total. The lowest BCUT2D eigenvalue weighted by Crippen LogP contribution is -2.14. The Morgan fingerprint density at radius 1 is 1.24 bits per heavy atom. The van der Waals surface area contributed by atoms with Gasteiger partial charge in [-0.3, -0.25) is 4.98 Å². The Morgan fingerprint density at radius 3 is 2.79 bits per heavy atom. The number of halogens is 2. The summed E-state index contributed by atoms with van der Waals surface area (Å²) in [7, 11) is 4.09. The summed E-state index contributed by atoms with van der Waals surface area (Å²) in [6, 6.07) is 10.6. The average Bonchev–Trinajstić information content (AvgIpc) is 3.34. The maximum Gasteiger partial charge on any atom is 0.141 e. The molecule has 10 heteroatoms. The number of H-pyrrole nitrogens is 1. The Labute approximate surface area is 206 Å². The van der Waals surface area contributed by atoms with Crippen LogP contribution in [-0.4, -0.2) is 46.2 Å². The van der Waals surface area contributed by atoms with Crippen LogP contribution in [0.15, 0.2) is 53.9 Å². The van der Waals surface area contributed by atoms with E-state index in [4.69, 9.17) is 11.6 Å². The second-order valence-electron chi connectivity index (χ2n) is 7.86. The third kappa shape index (κ3) is 5.59. The molecular weight excluding hydrogens is 473 g/mol. The van der Waals surface area contributed by atoms with Crippen LogP contribution in [0, 0.1) is 17.1 Å². The molecule has 0 aliphatic rings. The number of nitriles is 1. The molecule has 2 heterocycles. The van der Waals surface area contributed by atoms with Crippen LogP contribution in [0.2, 0.25) is 5.02 Å². The highest BCUT2D eigenvalue weighted by Gasteiger charge is 2.15. The van der Waals surface area contributed by atoms with E-state index < -0.39 is 5.82 Å². The highest BCUT2D eigenvalue weighted by molar-refractivity contribution is 7.99. The molecule has 0 spiro atoms. The lowest BCUT2D eigenvalue weighted by Gasteiger charge is -2.17. The molecule has 0 radical (unpaired) electrons. The minimum atomic E-state index is -0.503. The van der Waals surface area contributed by atoms with Gasteiger partial charge in [-0.05, 0) is 44.4 Å². The van der Waals surface area contributed by atoms with E-state index in [0.29, 0.717) is 23.5 Å². The van der Waals surface area contributed by atoms with E-state index in [2.05, 4.69) is 36.6 Å². The van der Waals surface area contributed by atoms with Gasteiger partial charge in [0.1, 0.15) is 11.9 Å². The van der Waals surface area contributed by atoms with Crippen LogP contribution in [0.4, 0.5) is 21.5 Å². The summed E-state index contributed by atoms with van der Waals surface area (Å²) < 4.78 is 13.6. The number of pyridine rings is 1. The number of aromatic nitrogens is 3. The van der Waals surface area contributed by atoms with Crippen LogP contribution >= 0.6 is 23.4 Å². The number of fused-ring (bicyclic) bond motifs is 1. The minimum absolute atomic E-state index is 0.00311. The summed E-state index contributed by atoms with van der Waals surface area (Å²) in [6.07, 6.45) is 4.96. The van der Waals surface area contributed by atoms with Crippen LogP contribution in [0.3, 0.4) is 0 Å². The fraction of sp³-hybridized carbons (Fsp3) is 0.208. The van der Waals surface area contributed by atoms with Crippen molar-refractivity contribution in [1.82, 2.24) is 19.9 Å². The molecule has 0 bridgehead atoms. The third-order valence-electron chi connectivity index (χ3n) is 5.10. The van der Waals surface area contributed by atoms with Crippen molar-refractivity contribution < 1.29 is 4.39 Å². The first-order chi connectivity index (χ1) is 16.4. The number of anilines is 3. The van der Waals surface area contributed by atoms with Gasteiger partial charge in [-0.15, -0.1) is 11.8 Å². The van der Waals surface area contributed by atoms with Gasteiger partial charge >= 0.3 is 0 Å². The lowest BCUT2D eigenvalue weighted by molar-refractivity contribution is 0.437. The van der Waals surface area contributed by atoms with E-state index in [0.717, 1.165) is 39.5 Å². The number of hydrogen-bond acceptors (Lipinski definition) is 7. The number of imidazole rings is 1. The van der Waals surface area contributed by atoms with Crippen LogP contribution in [0.1, 0.15) is 11.3 Å². The van der Waals surface area contributed by atoms with E-state index in [-0.39, 0.29) is 5.02 Å². The minimum Gasteiger partial charge on any atom is -0.378 e. The number of hydrogen-bond donors (Lipinski definition) is 3. The molecule has 0 aliphatic heterocycles. The van der Waals surface area contributed by atoms with E-state index in [1.54, 1.807) is 36.5 Å². The second-order valence-corrected chi connectivity index (χ2v) is 9.40. The van der Waals surface area contributed by atoms with Crippen molar-refractivity contribution in [2.45, 2.75) is 11.4 Å². The molecule has 0 atom stereocenters. The van der Waals surface area contributed by atoms with E-state index in [9.17, 15) is 9.65 Å². The third-order valence-corrected chi connectivity index (χ3v) is 6.42. The van der Waals surface area contributed by atoms with Gasteiger partial charge in [0.05, 0.1) is 40.4 Å². The van der Waals surface area contributed by atoms with E-state index >= 15 is 0 Å². The second kappa shape index (κ2) is 10.7. The summed E-state index contributed by atoms with van der Waals surface area (Å²) in [5.41, 5.74) is 4.15. The van der Waals surface area contributed by atoms with Crippen LogP contribution in [0.5, 0.6) is 0 Å². The van der Waals surface area contributed by atoms with Gasteiger partial charge in [-0.25, -0.2) is 9.37 Å². The first-order valence-electron chi connectivity index (χ1n) is 10.5. The SMILES string of the molecule is CN(C)CCSc1cc2ncc(C#N)c(Nc3ccc(F)c(Cl)c3)c2cc1NCc1cnc[nH]1. The molecule has 0 saturated heterocycles. The molecule has 0 unspecified atom stereocenters.